The second-order valence-corrected chi connectivity index (χ2v) is 4.92. The molecular formula is C11H23NO. The van der Waals surface area contributed by atoms with Gasteiger partial charge in [0.05, 0.1) is 5.60 Å². The molecule has 2 nitrogen and oxygen atoms in total. The van der Waals surface area contributed by atoms with E-state index in [-0.39, 0.29) is 5.60 Å². The molecule has 78 valence electrons. The van der Waals surface area contributed by atoms with Crippen LogP contribution in [0.3, 0.4) is 0 Å². The van der Waals surface area contributed by atoms with E-state index < -0.39 is 0 Å². The molecule has 2 heteroatoms. The van der Waals surface area contributed by atoms with Crippen molar-refractivity contribution < 1.29 is 4.74 Å². The molecular weight excluding hydrogens is 162 g/mol. The van der Waals surface area contributed by atoms with Crippen LogP contribution in [0.15, 0.2) is 0 Å². The highest BCUT2D eigenvalue weighted by Gasteiger charge is 2.36. The molecule has 1 rings (SSSR count). The molecule has 1 heterocycles. The highest BCUT2D eigenvalue weighted by molar-refractivity contribution is 4.92. The number of methoxy groups -OCH3 is 1. The number of hydrogen-bond donors (Lipinski definition) is 1. The summed E-state index contributed by atoms with van der Waals surface area (Å²) in [5, 5.41) is 3.37. The Hall–Kier alpha value is -0.0800. The summed E-state index contributed by atoms with van der Waals surface area (Å²) in [6.45, 7) is 9.03. The van der Waals surface area contributed by atoms with E-state index in [1.54, 1.807) is 7.11 Å². The molecule has 0 aromatic heterocycles. The lowest BCUT2D eigenvalue weighted by Gasteiger charge is -2.43. The zero-order chi connectivity index (χ0) is 9.95. The molecule has 1 aliphatic rings. The van der Waals surface area contributed by atoms with Gasteiger partial charge in [0.1, 0.15) is 0 Å². The summed E-state index contributed by atoms with van der Waals surface area (Å²) >= 11 is 0. The zero-order valence-corrected chi connectivity index (χ0v) is 9.44. The Balaban J connectivity index is 2.32. The summed E-state index contributed by atoms with van der Waals surface area (Å²) < 4.78 is 5.43. The second-order valence-electron chi connectivity index (χ2n) is 4.92. The summed E-state index contributed by atoms with van der Waals surface area (Å²) in [4.78, 5) is 0. The Bertz CT molecular complexity index is 156. The van der Waals surface area contributed by atoms with Gasteiger partial charge in [-0.05, 0) is 38.5 Å². The first-order chi connectivity index (χ1) is 6.04. The minimum atomic E-state index is 0.0533. The Kier molecular flexibility index (Phi) is 3.36. The fraction of sp³-hybridized carbons (Fsp3) is 1.00. The van der Waals surface area contributed by atoms with Crippen LogP contribution < -0.4 is 5.32 Å². The van der Waals surface area contributed by atoms with Crippen molar-refractivity contribution in [3.05, 3.63) is 0 Å². The zero-order valence-electron chi connectivity index (χ0n) is 9.44. The SMILES string of the molecule is CCC1(CCC(C)(C)OC)CNC1. The van der Waals surface area contributed by atoms with Crippen LogP contribution in [0.25, 0.3) is 0 Å². The van der Waals surface area contributed by atoms with Gasteiger partial charge in [0.15, 0.2) is 0 Å². The van der Waals surface area contributed by atoms with E-state index in [2.05, 4.69) is 26.1 Å². The molecule has 1 aliphatic heterocycles. The molecule has 1 N–H and O–H groups in total. The maximum absolute atomic E-state index is 5.43. The number of rotatable bonds is 5. The van der Waals surface area contributed by atoms with Gasteiger partial charge in [-0.3, -0.25) is 0 Å². The minimum Gasteiger partial charge on any atom is -0.379 e. The fourth-order valence-corrected chi connectivity index (χ4v) is 1.75. The first-order valence-electron chi connectivity index (χ1n) is 5.29. The molecule has 0 unspecified atom stereocenters. The topological polar surface area (TPSA) is 21.3 Å². The maximum Gasteiger partial charge on any atom is 0.0623 e. The standard InChI is InChI=1S/C11H23NO/c1-5-11(8-12-9-11)7-6-10(2,3)13-4/h12H,5-9H2,1-4H3. The number of ether oxygens (including phenoxy) is 1. The smallest absolute Gasteiger partial charge is 0.0623 e. The van der Waals surface area contributed by atoms with Crippen LogP contribution in [0.1, 0.15) is 40.0 Å². The van der Waals surface area contributed by atoms with Gasteiger partial charge in [-0.2, -0.15) is 0 Å². The normalized spacial score (nSPS) is 21.2. The van der Waals surface area contributed by atoms with E-state index >= 15 is 0 Å². The van der Waals surface area contributed by atoms with Crippen LogP contribution in [0.2, 0.25) is 0 Å². The van der Waals surface area contributed by atoms with Gasteiger partial charge >= 0.3 is 0 Å². The molecule has 0 aliphatic carbocycles. The third-order valence-corrected chi connectivity index (χ3v) is 3.56. The highest BCUT2D eigenvalue weighted by atomic mass is 16.5. The van der Waals surface area contributed by atoms with E-state index in [0.29, 0.717) is 5.41 Å². The van der Waals surface area contributed by atoms with Gasteiger partial charge in [0, 0.05) is 20.2 Å². The van der Waals surface area contributed by atoms with Crippen molar-refractivity contribution in [1.29, 1.82) is 0 Å². The first kappa shape index (κ1) is 11.0. The Labute approximate surface area is 82.0 Å². The second kappa shape index (κ2) is 3.97. The quantitative estimate of drug-likeness (QED) is 0.709. The van der Waals surface area contributed by atoms with E-state index in [9.17, 15) is 0 Å². The van der Waals surface area contributed by atoms with Crippen molar-refractivity contribution in [2.45, 2.75) is 45.6 Å². The molecule has 0 aromatic rings. The summed E-state index contributed by atoms with van der Waals surface area (Å²) in [5.74, 6) is 0. The van der Waals surface area contributed by atoms with Crippen molar-refractivity contribution in [3.63, 3.8) is 0 Å². The van der Waals surface area contributed by atoms with Crippen LogP contribution in [0.4, 0.5) is 0 Å². The van der Waals surface area contributed by atoms with Crippen LogP contribution >= 0.6 is 0 Å². The van der Waals surface area contributed by atoms with Gasteiger partial charge < -0.3 is 10.1 Å². The van der Waals surface area contributed by atoms with Gasteiger partial charge in [0.25, 0.3) is 0 Å². The van der Waals surface area contributed by atoms with Gasteiger partial charge in [-0.25, -0.2) is 0 Å². The van der Waals surface area contributed by atoms with Gasteiger partial charge in [-0.15, -0.1) is 0 Å². The largest absolute Gasteiger partial charge is 0.379 e. The monoisotopic (exact) mass is 185 g/mol. The van der Waals surface area contributed by atoms with Crippen molar-refractivity contribution in [1.82, 2.24) is 5.32 Å². The van der Waals surface area contributed by atoms with E-state index in [4.69, 9.17) is 4.74 Å². The van der Waals surface area contributed by atoms with E-state index in [1.807, 2.05) is 0 Å². The Morgan fingerprint density at radius 3 is 2.31 bits per heavy atom. The lowest BCUT2D eigenvalue weighted by Crippen LogP contribution is -2.53. The molecule has 0 bridgehead atoms. The third kappa shape index (κ3) is 2.68. The van der Waals surface area contributed by atoms with Crippen LogP contribution in [0, 0.1) is 5.41 Å². The molecule has 0 saturated carbocycles. The lowest BCUT2D eigenvalue weighted by atomic mass is 9.74. The summed E-state index contributed by atoms with van der Waals surface area (Å²) in [6.07, 6.45) is 3.75. The maximum atomic E-state index is 5.43. The van der Waals surface area contributed by atoms with Crippen molar-refractivity contribution in [2.75, 3.05) is 20.2 Å². The van der Waals surface area contributed by atoms with Crippen molar-refractivity contribution in [3.8, 4) is 0 Å². The van der Waals surface area contributed by atoms with E-state index in [1.165, 1.54) is 32.4 Å². The van der Waals surface area contributed by atoms with Crippen LogP contribution in [-0.4, -0.2) is 25.8 Å². The lowest BCUT2D eigenvalue weighted by molar-refractivity contribution is -0.00363. The molecule has 0 atom stereocenters. The molecule has 0 amide bonds. The van der Waals surface area contributed by atoms with Crippen LogP contribution in [-0.2, 0) is 4.74 Å². The van der Waals surface area contributed by atoms with Gasteiger partial charge in [0.2, 0.25) is 0 Å². The Morgan fingerprint density at radius 2 is 2.00 bits per heavy atom. The van der Waals surface area contributed by atoms with Crippen LogP contribution in [0.5, 0.6) is 0 Å². The highest BCUT2D eigenvalue weighted by Crippen LogP contribution is 2.34. The summed E-state index contributed by atoms with van der Waals surface area (Å²) in [5.41, 5.74) is 0.632. The van der Waals surface area contributed by atoms with E-state index in [0.717, 1.165) is 0 Å². The third-order valence-electron chi connectivity index (χ3n) is 3.56. The van der Waals surface area contributed by atoms with Gasteiger partial charge in [-0.1, -0.05) is 6.92 Å². The fourth-order valence-electron chi connectivity index (χ4n) is 1.75. The predicted octanol–water partition coefficient (Wildman–Crippen LogP) is 2.19. The Morgan fingerprint density at radius 1 is 1.38 bits per heavy atom. The number of nitrogens with one attached hydrogen (secondary N) is 1. The molecule has 1 saturated heterocycles. The van der Waals surface area contributed by atoms with Crippen molar-refractivity contribution in [2.24, 2.45) is 5.41 Å². The first-order valence-corrected chi connectivity index (χ1v) is 5.29. The summed E-state index contributed by atoms with van der Waals surface area (Å²) in [6, 6.07) is 0. The average molecular weight is 185 g/mol. The van der Waals surface area contributed by atoms with Crippen molar-refractivity contribution >= 4 is 0 Å². The molecule has 13 heavy (non-hydrogen) atoms. The summed E-state index contributed by atoms with van der Waals surface area (Å²) in [7, 11) is 1.80. The number of hydrogen-bond acceptors (Lipinski definition) is 2. The molecule has 0 aromatic carbocycles. The average Bonchev–Trinajstić information content (AvgIpc) is 2.03. The minimum absolute atomic E-state index is 0.0533. The molecule has 0 spiro atoms. The predicted molar refractivity (Wildman–Crippen MR) is 55.9 cm³/mol. The molecule has 1 fully saturated rings. The molecule has 0 radical (unpaired) electrons.